The van der Waals surface area contributed by atoms with Crippen LogP contribution in [0.1, 0.15) is 18.0 Å². The highest BCUT2D eigenvalue weighted by Crippen LogP contribution is 2.30. The second kappa shape index (κ2) is 5.58. The van der Waals surface area contributed by atoms with Gasteiger partial charge in [-0.3, -0.25) is 0 Å². The number of phenolic OH excluding ortho intramolecular Hbond substituents is 1. The maximum Gasteiger partial charge on any atom is 0.240 e. The number of benzene rings is 1. The van der Waals surface area contributed by atoms with E-state index < -0.39 is 12.5 Å². The first-order valence-electron chi connectivity index (χ1n) is 4.13. The van der Waals surface area contributed by atoms with Crippen LogP contribution < -0.4 is 5.73 Å². The molecule has 0 heterocycles. The maximum absolute atomic E-state index is 12.1. The van der Waals surface area contributed by atoms with Crippen molar-refractivity contribution in [2.75, 3.05) is 0 Å². The molecule has 1 rings (SSSR count). The lowest BCUT2D eigenvalue weighted by atomic mass is 10.1. The van der Waals surface area contributed by atoms with Crippen LogP contribution in [0.4, 0.5) is 8.78 Å². The van der Waals surface area contributed by atoms with Crippen LogP contribution in [0.5, 0.6) is 5.75 Å². The van der Waals surface area contributed by atoms with Crippen LogP contribution in [0.2, 0.25) is 0 Å². The predicted octanol–water partition coefficient (Wildman–Crippen LogP) is 3.26. The number of hydrogen-bond donors (Lipinski definition) is 2. The van der Waals surface area contributed by atoms with E-state index in [-0.39, 0.29) is 12.2 Å². The molecule has 0 bridgehead atoms. The van der Waals surface area contributed by atoms with E-state index in [0.29, 0.717) is 12.7 Å². The van der Waals surface area contributed by atoms with Gasteiger partial charge in [0, 0.05) is 12.5 Å². The number of rotatable bonds is 3. The zero-order chi connectivity index (χ0) is 11.6. The van der Waals surface area contributed by atoms with Gasteiger partial charge in [0.2, 0.25) is 6.43 Å². The van der Waals surface area contributed by atoms with Crippen molar-refractivity contribution >= 4 is 45.2 Å². The summed E-state index contributed by atoms with van der Waals surface area (Å²) >= 11 is 3.89. The molecule has 0 unspecified atom stereocenters. The molecule has 1 atom stereocenters. The molecule has 0 aliphatic rings. The van der Waals surface area contributed by atoms with E-state index in [2.05, 4.69) is 0 Å². The van der Waals surface area contributed by atoms with Gasteiger partial charge in [-0.15, -0.1) is 0 Å². The van der Waals surface area contributed by atoms with Gasteiger partial charge in [0.25, 0.3) is 0 Å². The van der Waals surface area contributed by atoms with E-state index in [9.17, 15) is 13.9 Å². The number of aromatic hydroxyl groups is 1. The van der Waals surface area contributed by atoms with Gasteiger partial charge in [0.05, 0.1) is 7.14 Å². The fraction of sp³-hybridized carbons (Fsp3) is 0.333. The predicted molar refractivity (Wildman–Crippen MR) is 71.1 cm³/mol. The average molecular weight is 439 g/mol. The molecular weight excluding hydrogens is 430 g/mol. The molecule has 0 amide bonds. The molecule has 0 saturated carbocycles. The standard InChI is InChI=1S/C9H9F2I2NO/c10-8(11)3-7(14)4-1-5(12)9(15)6(13)2-4/h1-2,7-8,15H,3,14H2/t7-/m1/s1. The highest BCUT2D eigenvalue weighted by molar-refractivity contribution is 14.1. The maximum atomic E-state index is 12.1. The van der Waals surface area contributed by atoms with Crippen LogP contribution in [-0.4, -0.2) is 11.5 Å². The minimum atomic E-state index is -2.41. The topological polar surface area (TPSA) is 46.2 Å². The molecule has 0 radical (unpaired) electrons. The van der Waals surface area contributed by atoms with Gasteiger partial charge >= 0.3 is 0 Å². The van der Waals surface area contributed by atoms with Crippen molar-refractivity contribution in [3.05, 3.63) is 24.8 Å². The molecule has 0 spiro atoms. The summed E-state index contributed by atoms with van der Waals surface area (Å²) in [5.74, 6) is 0.171. The molecule has 0 aliphatic carbocycles. The largest absolute Gasteiger partial charge is 0.506 e. The zero-order valence-corrected chi connectivity index (χ0v) is 11.9. The smallest absolute Gasteiger partial charge is 0.240 e. The summed E-state index contributed by atoms with van der Waals surface area (Å²) in [6.07, 6.45) is -2.78. The Labute approximate surface area is 114 Å². The zero-order valence-electron chi connectivity index (χ0n) is 7.55. The normalized spacial score (nSPS) is 13.2. The number of halogens is 4. The highest BCUT2D eigenvalue weighted by Gasteiger charge is 2.15. The van der Waals surface area contributed by atoms with Gasteiger partial charge < -0.3 is 10.8 Å². The van der Waals surface area contributed by atoms with Gasteiger partial charge in [0.1, 0.15) is 5.75 Å². The second-order valence-corrected chi connectivity index (χ2v) is 5.39. The fourth-order valence-corrected chi connectivity index (χ4v) is 2.94. The van der Waals surface area contributed by atoms with Gasteiger partial charge in [-0.05, 0) is 62.9 Å². The van der Waals surface area contributed by atoms with Gasteiger partial charge in [0.15, 0.2) is 0 Å². The van der Waals surface area contributed by atoms with E-state index in [1.807, 2.05) is 45.2 Å². The molecule has 6 heteroatoms. The number of nitrogens with two attached hydrogens (primary N) is 1. The van der Waals surface area contributed by atoms with E-state index in [0.717, 1.165) is 0 Å². The summed E-state index contributed by atoms with van der Waals surface area (Å²) in [7, 11) is 0. The number of phenols is 1. The molecule has 3 N–H and O–H groups in total. The third-order valence-electron chi connectivity index (χ3n) is 1.90. The molecule has 0 aromatic heterocycles. The molecule has 15 heavy (non-hydrogen) atoms. The first-order valence-corrected chi connectivity index (χ1v) is 6.29. The van der Waals surface area contributed by atoms with Crippen LogP contribution in [0, 0.1) is 7.14 Å². The van der Waals surface area contributed by atoms with Crippen LogP contribution in [0.3, 0.4) is 0 Å². The Bertz CT molecular complexity index is 337. The van der Waals surface area contributed by atoms with Crippen molar-refractivity contribution in [1.82, 2.24) is 0 Å². The summed E-state index contributed by atoms with van der Waals surface area (Å²) in [5, 5.41) is 9.49. The lowest BCUT2D eigenvalue weighted by molar-refractivity contribution is 0.128. The summed E-state index contributed by atoms with van der Waals surface area (Å²) in [6.45, 7) is 0. The Morgan fingerprint density at radius 1 is 1.27 bits per heavy atom. The summed E-state index contributed by atoms with van der Waals surface area (Å²) in [4.78, 5) is 0. The van der Waals surface area contributed by atoms with Crippen molar-refractivity contribution in [2.24, 2.45) is 5.73 Å². The summed E-state index contributed by atoms with van der Waals surface area (Å²) < 4.78 is 25.5. The van der Waals surface area contributed by atoms with E-state index in [1.54, 1.807) is 12.1 Å². The second-order valence-electron chi connectivity index (χ2n) is 3.07. The molecule has 0 fully saturated rings. The van der Waals surface area contributed by atoms with Crippen LogP contribution in [0.15, 0.2) is 12.1 Å². The first-order chi connectivity index (χ1) is 6.91. The minimum Gasteiger partial charge on any atom is -0.506 e. The highest BCUT2D eigenvalue weighted by atomic mass is 127. The van der Waals surface area contributed by atoms with Crippen LogP contribution in [0.25, 0.3) is 0 Å². The van der Waals surface area contributed by atoms with E-state index in [1.165, 1.54) is 0 Å². The van der Waals surface area contributed by atoms with Gasteiger partial charge in [-0.25, -0.2) is 8.78 Å². The van der Waals surface area contributed by atoms with E-state index in [4.69, 9.17) is 5.73 Å². The molecule has 0 aliphatic heterocycles. The lowest BCUT2D eigenvalue weighted by Gasteiger charge is -2.13. The van der Waals surface area contributed by atoms with Crippen molar-refractivity contribution in [1.29, 1.82) is 0 Å². The first kappa shape index (κ1) is 13.4. The molecule has 84 valence electrons. The fourth-order valence-electron chi connectivity index (χ4n) is 1.13. The molecular formula is C9H9F2I2NO. The van der Waals surface area contributed by atoms with Crippen molar-refractivity contribution in [2.45, 2.75) is 18.9 Å². The average Bonchev–Trinajstić information content (AvgIpc) is 2.12. The lowest BCUT2D eigenvalue weighted by Crippen LogP contribution is -2.14. The van der Waals surface area contributed by atoms with Crippen molar-refractivity contribution < 1.29 is 13.9 Å². The molecule has 0 saturated heterocycles. The third-order valence-corrected chi connectivity index (χ3v) is 3.54. The van der Waals surface area contributed by atoms with Crippen molar-refractivity contribution in [3.63, 3.8) is 0 Å². The summed E-state index contributed by atoms with van der Waals surface area (Å²) in [6, 6.07) is 2.57. The monoisotopic (exact) mass is 439 g/mol. The molecule has 1 aromatic carbocycles. The van der Waals surface area contributed by atoms with Crippen LogP contribution >= 0.6 is 45.2 Å². The summed E-state index contributed by atoms with van der Waals surface area (Å²) in [5.41, 5.74) is 6.24. The Morgan fingerprint density at radius 3 is 2.13 bits per heavy atom. The number of alkyl halides is 2. The Balaban J connectivity index is 2.95. The third kappa shape index (κ3) is 3.66. The minimum absolute atomic E-state index is 0.171. The molecule has 2 nitrogen and oxygen atoms in total. The Hall–Kier alpha value is 0.300. The molecule has 1 aromatic rings. The number of hydrogen-bond acceptors (Lipinski definition) is 2. The van der Waals surface area contributed by atoms with Crippen molar-refractivity contribution in [3.8, 4) is 5.75 Å². The van der Waals surface area contributed by atoms with Gasteiger partial charge in [-0.2, -0.15) is 0 Å². The Kier molecular flexibility index (Phi) is 4.97. The van der Waals surface area contributed by atoms with Gasteiger partial charge in [-0.1, -0.05) is 0 Å². The van der Waals surface area contributed by atoms with Crippen LogP contribution in [-0.2, 0) is 0 Å². The van der Waals surface area contributed by atoms with E-state index >= 15 is 0 Å². The SMILES string of the molecule is N[C@H](CC(F)F)c1cc(I)c(O)c(I)c1. The quantitative estimate of drug-likeness (QED) is 0.711. The Morgan fingerprint density at radius 2 is 1.73 bits per heavy atom.